The van der Waals surface area contributed by atoms with Crippen molar-refractivity contribution in [1.82, 2.24) is 15.0 Å². The van der Waals surface area contributed by atoms with Crippen molar-refractivity contribution in [2.24, 2.45) is 5.84 Å². The molecule has 3 N–H and O–H groups in total. The molecular weight excluding hydrogens is 238 g/mol. The molecule has 0 aliphatic carbocycles. The summed E-state index contributed by atoms with van der Waals surface area (Å²) in [5, 5.41) is 0. The van der Waals surface area contributed by atoms with E-state index >= 15 is 0 Å². The van der Waals surface area contributed by atoms with E-state index in [1.54, 1.807) is 12.4 Å². The van der Waals surface area contributed by atoms with Gasteiger partial charge in [0.05, 0.1) is 0 Å². The maximum atomic E-state index is 13.8. The van der Waals surface area contributed by atoms with Crippen LogP contribution in [0.5, 0.6) is 0 Å². The van der Waals surface area contributed by atoms with Crippen molar-refractivity contribution in [1.29, 1.82) is 0 Å². The van der Waals surface area contributed by atoms with Crippen molar-refractivity contribution in [3.63, 3.8) is 0 Å². The van der Waals surface area contributed by atoms with Crippen LogP contribution in [0.15, 0.2) is 30.6 Å². The van der Waals surface area contributed by atoms with Gasteiger partial charge in [0.1, 0.15) is 11.9 Å². The zero-order valence-electron chi connectivity index (χ0n) is 9.90. The van der Waals surface area contributed by atoms with Crippen molar-refractivity contribution in [2.45, 2.75) is 19.5 Å². The molecule has 0 spiro atoms. The second-order valence-electron chi connectivity index (χ2n) is 3.81. The van der Waals surface area contributed by atoms with Crippen LogP contribution in [0.4, 0.5) is 8.78 Å². The summed E-state index contributed by atoms with van der Waals surface area (Å²) >= 11 is 0. The number of hydrogen-bond donors (Lipinski definition) is 2. The highest BCUT2D eigenvalue weighted by molar-refractivity contribution is 5.27. The van der Waals surface area contributed by atoms with Gasteiger partial charge in [-0.1, -0.05) is 12.1 Å². The molecule has 0 bridgehead atoms. The molecular formula is C12H14F2N4. The van der Waals surface area contributed by atoms with Crippen LogP contribution in [0, 0.1) is 11.6 Å². The van der Waals surface area contributed by atoms with Gasteiger partial charge in [-0.05, 0) is 13.0 Å². The monoisotopic (exact) mass is 252 g/mol. The molecule has 0 aliphatic heterocycles. The normalized spacial score (nSPS) is 12.7. The molecule has 1 atom stereocenters. The molecule has 18 heavy (non-hydrogen) atoms. The number of hydrogen-bond acceptors (Lipinski definition) is 3. The highest BCUT2D eigenvalue weighted by Crippen LogP contribution is 2.24. The van der Waals surface area contributed by atoms with E-state index < -0.39 is 17.7 Å². The van der Waals surface area contributed by atoms with E-state index in [1.165, 1.54) is 12.1 Å². The smallest absolute Gasteiger partial charge is 0.164 e. The summed E-state index contributed by atoms with van der Waals surface area (Å²) < 4.78 is 28.8. The molecule has 1 heterocycles. The van der Waals surface area contributed by atoms with Gasteiger partial charge >= 0.3 is 0 Å². The van der Waals surface area contributed by atoms with E-state index in [4.69, 9.17) is 5.84 Å². The summed E-state index contributed by atoms with van der Waals surface area (Å²) in [6.45, 7) is 2.60. The SMILES string of the molecule is CCn1ccnc1C(NN)c1cccc(F)c1F. The molecule has 1 aromatic carbocycles. The number of imidazole rings is 1. The minimum absolute atomic E-state index is 0.137. The third kappa shape index (κ3) is 2.12. The minimum atomic E-state index is -0.911. The van der Waals surface area contributed by atoms with Gasteiger partial charge in [0.2, 0.25) is 0 Å². The fraction of sp³-hybridized carbons (Fsp3) is 0.250. The fourth-order valence-electron chi connectivity index (χ4n) is 1.90. The number of aromatic nitrogens is 2. The van der Waals surface area contributed by atoms with Crippen LogP contribution in [-0.4, -0.2) is 9.55 Å². The molecule has 1 aromatic heterocycles. The zero-order chi connectivity index (χ0) is 13.1. The molecule has 0 saturated carbocycles. The van der Waals surface area contributed by atoms with Crippen LogP contribution in [-0.2, 0) is 6.54 Å². The molecule has 0 fully saturated rings. The first kappa shape index (κ1) is 12.7. The van der Waals surface area contributed by atoms with E-state index in [-0.39, 0.29) is 5.56 Å². The molecule has 4 nitrogen and oxygen atoms in total. The molecule has 0 aliphatic rings. The van der Waals surface area contributed by atoms with Crippen LogP contribution < -0.4 is 11.3 Å². The van der Waals surface area contributed by atoms with Crippen molar-refractivity contribution in [3.8, 4) is 0 Å². The molecule has 96 valence electrons. The van der Waals surface area contributed by atoms with Crippen molar-refractivity contribution < 1.29 is 8.78 Å². The summed E-state index contributed by atoms with van der Waals surface area (Å²) in [5.41, 5.74) is 2.61. The Morgan fingerprint density at radius 1 is 1.44 bits per heavy atom. The van der Waals surface area contributed by atoms with Crippen molar-refractivity contribution in [2.75, 3.05) is 0 Å². The second-order valence-corrected chi connectivity index (χ2v) is 3.81. The van der Waals surface area contributed by atoms with Crippen LogP contribution >= 0.6 is 0 Å². The first-order chi connectivity index (χ1) is 8.69. The minimum Gasteiger partial charge on any atom is -0.334 e. The van der Waals surface area contributed by atoms with E-state index in [1.807, 2.05) is 11.5 Å². The fourth-order valence-corrected chi connectivity index (χ4v) is 1.90. The summed E-state index contributed by atoms with van der Waals surface area (Å²) in [5.74, 6) is 4.18. The summed E-state index contributed by atoms with van der Waals surface area (Å²) in [4.78, 5) is 4.14. The van der Waals surface area contributed by atoms with Gasteiger partial charge in [0.25, 0.3) is 0 Å². The number of nitrogens with zero attached hydrogens (tertiary/aromatic N) is 2. The maximum Gasteiger partial charge on any atom is 0.164 e. The van der Waals surface area contributed by atoms with Gasteiger partial charge < -0.3 is 4.57 Å². The number of hydrazine groups is 1. The molecule has 2 aromatic rings. The maximum absolute atomic E-state index is 13.8. The topological polar surface area (TPSA) is 55.9 Å². The number of benzene rings is 1. The lowest BCUT2D eigenvalue weighted by Gasteiger charge is -2.17. The van der Waals surface area contributed by atoms with Gasteiger partial charge in [0, 0.05) is 24.5 Å². The quantitative estimate of drug-likeness (QED) is 0.643. The Kier molecular flexibility index (Phi) is 3.69. The van der Waals surface area contributed by atoms with Crippen LogP contribution in [0.1, 0.15) is 24.4 Å². The van der Waals surface area contributed by atoms with Gasteiger partial charge in [0.15, 0.2) is 11.6 Å². The second kappa shape index (κ2) is 5.24. The van der Waals surface area contributed by atoms with E-state index in [0.29, 0.717) is 12.4 Å². The lowest BCUT2D eigenvalue weighted by atomic mass is 10.1. The molecule has 1 unspecified atom stereocenters. The number of rotatable bonds is 4. The lowest BCUT2D eigenvalue weighted by Crippen LogP contribution is -2.32. The van der Waals surface area contributed by atoms with Crippen molar-refractivity contribution in [3.05, 3.63) is 53.6 Å². The van der Waals surface area contributed by atoms with Gasteiger partial charge in [-0.2, -0.15) is 0 Å². The number of halogens is 2. The van der Waals surface area contributed by atoms with Crippen LogP contribution in [0.2, 0.25) is 0 Å². The average Bonchev–Trinajstić information content (AvgIpc) is 2.83. The molecule has 2 rings (SSSR count). The number of nitrogens with two attached hydrogens (primary N) is 1. The molecule has 0 radical (unpaired) electrons. The molecule has 0 amide bonds. The summed E-state index contributed by atoms with van der Waals surface area (Å²) in [6, 6.07) is 3.31. The Morgan fingerprint density at radius 2 is 2.22 bits per heavy atom. The Hall–Kier alpha value is -1.79. The Morgan fingerprint density at radius 3 is 2.89 bits per heavy atom. The molecule has 0 saturated heterocycles. The third-order valence-corrected chi connectivity index (χ3v) is 2.81. The Labute approximate surface area is 103 Å². The van der Waals surface area contributed by atoms with Crippen molar-refractivity contribution >= 4 is 0 Å². The predicted molar refractivity (Wildman–Crippen MR) is 63.4 cm³/mol. The van der Waals surface area contributed by atoms with Gasteiger partial charge in [-0.3, -0.25) is 5.84 Å². The first-order valence-corrected chi connectivity index (χ1v) is 5.60. The molecule has 6 heteroatoms. The highest BCUT2D eigenvalue weighted by atomic mass is 19.2. The number of nitrogens with one attached hydrogen (secondary N) is 1. The lowest BCUT2D eigenvalue weighted by molar-refractivity contribution is 0.472. The third-order valence-electron chi connectivity index (χ3n) is 2.81. The Balaban J connectivity index is 2.49. The van der Waals surface area contributed by atoms with E-state index in [9.17, 15) is 8.78 Å². The Bertz CT molecular complexity index is 539. The first-order valence-electron chi connectivity index (χ1n) is 5.60. The standard InChI is InChI=1S/C12H14F2N4/c1-2-18-7-6-16-12(18)11(17-15)8-4-3-5-9(13)10(8)14/h3-7,11,17H,2,15H2,1H3. The van der Waals surface area contributed by atoms with E-state index in [0.717, 1.165) is 6.07 Å². The van der Waals surface area contributed by atoms with Crippen LogP contribution in [0.25, 0.3) is 0 Å². The van der Waals surface area contributed by atoms with Crippen LogP contribution in [0.3, 0.4) is 0 Å². The summed E-state index contributed by atoms with van der Waals surface area (Å²) in [6.07, 6.45) is 3.36. The average molecular weight is 252 g/mol. The number of aryl methyl sites for hydroxylation is 1. The highest BCUT2D eigenvalue weighted by Gasteiger charge is 2.22. The zero-order valence-corrected chi connectivity index (χ0v) is 9.90. The van der Waals surface area contributed by atoms with Gasteiger partial charge in [-0.15, -0.1) is 0 Å². The predicted octanol–water partition coefficient (Wildman–Crippen LogP) is 1.73. The summed E-state index contributed by atoms with van der Waals surface area (Å²) in [7, 11) is 0. The van der Waals surface area contributed by atoms with Gasteiger partial charge in [-0.25, -0.2) is 19.2 Å². The largest absolute Gasteiger partial charge is 0.334 e. The van der Waals surface area contributed by atoms with E-state index in [2.05, 4.69) is 10.4 Å².